The highest BCUT2D eigenvalue weighted by molar-refractivity contribution is 9.11. The Kier molecular flexibility index (Phi) is 5.96. The minimum absolute atomic E-state index is 0.176. The van der Waals surface area contributed by atoms with Gasteiger partial charge in [0, 0.05) is 8.95 Å². The van der Waals surface area contributed by atoms with E-state index in [1.807, 2.05) is 48.5 Å². The summed E-state index contributed by atoms with van der Waals surface area (Å²) in [5.41, 5.74) is 7.86. The third-order valence-corrected chi connectivity index (χ3v) is 4.29. The van der Waals surface area contributed by atoms with Crippen LogP contribution in [0.25, 0.3) is 0 Å². The quantitative estimate of drug-likeness (QED) is 0.777. The van der Waals surface area contributed by atoms with Gasteiger partial charge in [-0.1, -0.05) is 46.3 Å². The first-order valence-electron chi connectivity index (χ1n) is 6.61. The van der Waals surface area contributed by atoms with Crippen LogP contribution in [0.5, 0.6) is 0 Å². The summed E-state index contributed by atoms with van der Waals surface area (Å²) in [7, 11) is 0. The fourth-order valence-corrected chi connectivity index (χ4v) is 2.62. The maximum Gasteiger partial charge on any atom is 0.241 e. The molecule has 0 bridgehead atoms. The summed E-state index contributed by atoms with van der Waals surface area (Å²) >= 11 is 6.79. The van der Waals surface area contributed by atoms with Gasteiger partial charge in [0.05, 0.1) is 11.7 Å². The molecule has 0 radical (unpaired) electrons. The Morgan fingerprint density at radius 2 is 1.86 bits per heavy atom. The van der Waals surface area contributed by atoms with Crippen LogP contribution in [-0.2, 0) is 11.2 Å². The van der Waals surface area contributed by atoms with Crippen LogP contribution in [0.2, 0.25) is 0 Å². The molecule has 0 aliphatic heterocycles. The van der Waals surface area contributed by atoms with Gasteiger partial charge in [0.1, 0.15) is 0 Å². The summed E-state index contributed by atoms with van der Waals surface area (Å²) in [6.07, 6.45) is 1.40. The lowest BCUT2D eigenvalue weighted by molar-refractivity contribution is -0.117. The average Bonchev–Trinajstić information content (AvgIpc) is 2.49. The molecule has 0 aliphatic rings. The van der Waals surface area contributed by atoms with Crippen LogP contribution < -0.4 is 11.1 Å². The second kappa shape index (κ2) is 7.73. The van der Waals surface area contributed by atoms with E-state index in [-0.39, 0.29) is 5.91 Å². The molecule has 0 aromatic heterocycles. The molecule has 5 heteroatoms. The van der Waals surface area contributed by atoms with Crippen molar-refractivity contribution in [3.05, 3.63) is 63.0 Å². The smallest absolute Gasteiger partial charge is 0.241 e. The summed E-state index contributed by atoms with van der Waals surface area (Å²) in [5, 5.41) is 2.85. The normalized spacial score (nSPS) is 12.0. The first-order chi connectivity index (χ1) is 10.1. The summed E-state index contributed by atoms with van der Waals surface area (Å²) in [4.78, 5) is 12.1. The molecule has 110 valence electrons. The predicted molar refractivity (Wildman–Crippen MR) is 93.2 cm³/mol. The molecule has 2 aromatic rings. The molecule has 21 heavy (non-hydrogen) atoms. The first kappa shape index (κ1) is 16.2. The number of aryl methyl sites for hydroxylation is 1. The van der Waals surface area contributed by atoms with Crippen LogP contribution in [0.4, 0.5) is 5.69 Å². The van der Waals surface area contributed by atoms with E-state index < -0.39 is 6.04 Å². The summed E-state index contributed by atoms with van der Waals surface area (Å²) in [6, 6.07) is 15.1. The van der Waals surface area contributed by atoms with Gasteiger partial charge >= 0.3 is 0 Å². The molecule has 1 amide bonds. The largest absolute Gasteiger partial charge is 0.324 e. The maximum atomic E-state index is 12.1. The SMILES string of the molecule is N[C@@H](CCc1ccccc1)C(=O)Nc1cc(Br)ccc1Br. The average molecular weight is 412 g/mol. The lowest BCUT2D eigenvalue weighted by Gasteiger charge is -2.13. The van der Waals surface area contributed by atoms with Crippen LogP contribution in [0.1, 0.15) is 12.0 Å². The molecule has 0 saturated carbocycles. The van der Waals surface area contributed by atoms with Crippen molar-refractivity contribution >= 4 is 43.5 Å². The third-order valence-electron chi connectivity index (χ3n) is 3.11. The molecule has 0 unspecified atom stereocenters. The van der Waals surface area contributed by atoms with Crippen molar-refractivity contribution < 1.29 is 4.79 Å². The van der Waals surface area contributed by atoms with Crippen LogP contribution in [0.3, 0.4) is 0 Å². The number of hydrogen-bond donors (Lipinski definition) is 2. The minimum Gasteiger partial charge on any atom is -0.324 e. The van der Waals surface area contributed by atoms with E-state index in [9.17, 15) is 4.79 Å². The van der Waals surface area contributed by atoms with Gasteiger partial charge in [-0.15, -0.1) is 0 Å². The highest BCUT2D eigenvalue weighted by Gasteiger charge is 2.14. The molecular formula is C16H16Br2N2O. The number of carbonyl (C=O) groups excluding carboxylic acids is 1. The maximum absolute atomic E-state index is 12.1. The molecule has 3 nitrogen and oxygen atoms in total. The van der Waals surface area contributed by atoms with Crippen molar-refractivity contribution in [3.8, 4) is 0 Å². The van der Waals surface area contributed by atoms with Crippen molar-refractivity contribution in [1.29, 1.82) is 0 Å². The summed E-state index contributed by atoms with van der Waals surface area (Å²) < 4.78 is 1.73. The zero-order valence-electron chi connectivity index (χ0n) is 11.4. The van der Waals surface area contributed by atoms with Gasteiger partial charge < -0.3 is 11.1 Å². The van der Waals surface area contributed by atoms with Gasteiger partial charge in [0.2, 0.25) is 5.91 Å². The van der Waals surface area contributed by atoms with E-state index >= 15 is 0 Å². The standard InChI is InChI=1S/C16H16Br2N2O/c17-12-7-8-13(18)15(10-12)20-16(21)14(19)9-6-11-4-2-1-3-5-11/h1-5,7-8,10,14H,6,9,19H2,(H,20,21)/t14-/m0/s1. The fourth-order valence-electron chi connectivity index (χ4n) is 1.92. The Morgan fingerprint density at radius 1 is 1.14 bits per heavy atom. The Balaban J connectivity index is 1.92. The Morgan fingerprint density at radius 3 is 2.57 bits per heavy atom. The second-order valence-corrected chi connectivity index (χ2v) is 6.51. The molecule has 2 rings (SSSR count). The number of rotatable bonds is 5. The molecule has 0 aliphatic carbocycles. The molecular weight excluding hydrogens is 396 g/mol. The van der Waals surface area contributed by atoms with Crippen LogP contribution >= 0.6 is 31.9 Å². The number of nitrogens with two attached hydrogens (primary N) is 1. The number of anilines is 1. The first-order valence-corrected chi connectivity index (χ1v) is 8.20. The van der Waals surface area contributed by atoms with Crippen LogP contribution in [0.15, 0.2) is 57.5 Å². The Hall–Kier alpha value is -1.17. The van der Waals surface area contributed by atoms with Crippen molar-refractivity contribution in [2.24, 2.45) is 5.73 Å². The van der Waals surface area contributed by atoms with E-state index in [0.717, 1.165) is 15.4 Å². The highest BCUT2D eigenvalue weighted by atomic mass is 79.9. The van der Waals surface area contributed by atoms with Crippen molar-refractivity contribution in [2.45, 2.75) is 18.9 Å². The lowest BCUT2D eigenvalue weighted by atomic mass is 10.1. The molecule has 0 saturated heterocycles. The number of nitrogens with one attached hydrogen (secondary N) is 1. The van der Waals surface area contributed by atoms with Gasteiger partial charge in [-0.2, -0.15) is 0 Å². The fraction of sp³-hybridized carbons (Fsp3) is 0.188. The number of amides is 1. The molecule has 2 aromatic carbocycles. The summed E-state index contributed by atoms with van der Waals surface area (Å²) in [5.74, 6) is -0.176. The van der Waals surface area contributed by atoms with Gasteiger partial charge in [-0.25, -0.2) is 0 Å². The second-order valence-electron chi connectivity index (χ2n) is 4.74. The molecule has 3 N–H and O–H groups in total. The van der Waals surface area contributed by atoms with E-state index in [1.165, 1.54) is 5.56 Å². The number of halogens is 2. The van der Waals surface area contributed by atoms with Crippen molar-refractivity contribution in [2.75, 3.05) is 5.32 Å². The van der Waals surface area contributed by atoms with Crippen molar-refractivity contribution in [1.82, 2.24) is 0 Å². The third kappa shape index (κ3) is 4.95. The molecule has 0 fully saturated rings. The molecule has 1 atom stereocenters. The molecule has 0 spiro atoms. The topological polar surface area (TPSA) is 55.1 Å². The molecule has 0 heterocycles. The summed E-state index contributed by atoms with van der Waals surface area (Å²) in [6.45, 7) is 0. The van der Waals surface area contributed by atoms with Gasteiger partial charge in [-0.3, -0.25) is 4.79 Å². The van der Waals surface area contributed by atoms with Crippen molar-refractivity contribution in [3.63, 3.8) is 0 Å². The van der Waals surface area contributed by atoms with Gasteiger partial charge in [0.25, 0.3) is 0 Å². The van der Waals surface area contributed by atoms with Crippen LogP contribution in [-0.4, -0.2) is 11.9 Å². The Bertz CT molecular complexity index is 617. The predicted octanol–water partition coefficient (Wildman–Crippen LogP) is 4.11. The zero-order valence-corrected chi connectivity index (χ0v) is 14.5. The lowest BCUT2D eigenvalue weighted by Crippen LogP contribution is -2.36. The van der Waals surface area contributed by atoms with Gasteiger partial charge in [0.15, 0.2) is 0 Å². The number of hydrogen-bond acceptors (Lipinski definition) is 2. The monoisotopic (exact) mass is 410 g/mol. The van der Waals surface area contributed by atoms with E-state index in [0.29, 0.717) is 12.1 Å². The zero-order chi connectivity index (χ0) is 15.2. The number of benzene rings is 2. The van der Waals surface area contributed by atoms with Gasteiger partial charge in [-0.05, 0) is 52.5 Å². The van der Waals surface area contributed by atoms with E-state index in [2.05, 4.69) is 37.2 Å². The number of carbonyl (C=O) groups is 1. The van der Waals surface area contributed by atoms with E-state index in [1.54, 1.807) is 0 Å². The minimum atomic E-state index is -0.531. The van der Waals surface area contributed by atoms with Crippen LogP contribution in [0, 0.1) is 0 Å². The highest BCUT2D eigenvalue weighted by Crippen LogP contribution is 2.26. The van der Waals surface area contributed by atoms with E-state index in [4.69, 9.17) is 5.73 Å². The Labute approximate surface area is 141 Å².